The van der Waals surface area contributed by atoms with Gasteiger partial charge < -0.3 is 19.1 Å². The van der Waals surface area contributed by atoms with E-state index in [2.05, 4.69) is 4.74 Å². The highest BCUT2D eigenvalue weighted by atomic mass is 19.3. The summed E-state index contributed by atoms with van der Waals surface area (Å²) in [7, 11) is 3.30. The first-order valence-electron chi connectivity index (χ1n) is 9.01. The number of halogens is 2. The van der Waals surface area contributed by atoms with E-state index in [1.54, 1.807) is 38.1 Å². The first kappa shape index (κ1) is 21.5. The van der Waals surface area contributed by atoms with Crippen molar-refractivity contribution in [3.63, 3.8) is 0 Å². The van der Waals surface area contributed by atoms with Gasteiger partial charge in [-0.25, -0.2) is 0 Å². The second kappa shape index (κ2) is 10.5. The Hall–Kier alpha value is -2.83. The molecule has 152 valence electrons. The molecule has 0 aliphatic rings. The van der Waals surface area contributed by atoms with Crippen molar-refractivity contribution in [2.75, 3.05) is 20.8 Å². The number of aryl methyl sites for hydroxylation is 1. The van der Waals surface area contributed by atoms with E-state index in [9.17, 15) is 13.6 Å². The number of hydrogen-bond acceptors (Lipinski definition) is 4. The number of alkyl halides is 2. The molecule has 7 heteroatoms. The average Bonchev–Trinajstić information content (AvgIpc) is 2.68. The summed E-state index contributed by atoms with van der Waals surface area (Å²) >= 11 is 0. The van der Waals surface area contributed by atoms with Gasteiger partial charge in [0, 0.05) is 20.0 Å². The van der Waals surface area contributed by atoms with E-state index in [1.807, 2.05) is 24.3 Å². The molecule has 0 saturated heterocycles. The molecule has 0 N–H and O–H groups in total. The summed E-state index contributed by atoms with van der Waals surface area (Å²) < 4.78 is 40.1. The van der Waals surface area contributed by atoms with Crippen LogP contribution >= 0.6 is 0 Å². The molecule has 2 aromatic rings. The molecule has 0 unspecified atom stereocenters. The minimum atomic E-state index is -2.93. The van der Waals surface area contributed by atoms with Gasteiger partial charge in [0.1, 0.15) is 5.75 Å². The van der Waals surface area contributed by atoms with Gasteiger partial charge in [0.05, 0.1) is 13.7 Å². The average molecular weight is 393 g/mol. The second-order valence-electron chi connectivity index (χ2n) is 6.15. The summed E-state index contributed by atoms with van der Waals surface area (Å²) in [5, 5.41) is 0. The lowest BCUT2D eigenvalue weighted by Gasteiger charge is -2.19. The quantitative estimate of drug-likeness (QED) is 0.604. The van der Waals surface area contributed by atoms with Gasteiger partial charge >= 0.3 is 6.61 Å². The number of hydrogen-bond donors (Lipinski definition) is 0. The Labute approximate surface area is 163 Å². The molecule has 0 radical (unpaired) electrons. The van der Waals surface area contributed by atoms with E-state index >= 15 is 0 Å². The van der Waals surface area contributed by atoms with Crippen molar-refractivity contribution in [2.24, 2.45) is 0 Å². The van der Waals surface area contributed by atoms with Crippen LogP contribution < -0.4 is 14.2 Å². The molecule has 0 aromatic heterocycles. The van der Waals surface area contributed by atoms with Crippen LogP contribution in [0.2, 0.25) is 0 Å². The second-order valence-corrected chi connectivity index (χ2v) is 6.15. The lowest BCUT2D eigenvalue weighted by Crippen LogP contribution is -2.26. The molecule has 0 heterocycles. The molecule has 0 aliphatic heterocycles. The fraction of sp³-hybridized carbons (Fsp3) is 0.381. The summed E-state index contributed by atoms with van der Waals surface area (Å²) in [4.78, 5) is 14.1. The Balaban J connectivity index is 1.99. The molecule has 0 saturated carbocycles. The Morgan fingerprint density at radius 3 is 2.54 bits per heavy atom. The molecule has 0 bridgehead atoms. The van der Waals surface area contributed by atoms with Gasteiger partial charge in [-0.15, -0.1) is 0 Å². The summed E-state index contributed by atoms with van der Waals surface area (Å²) in [6, 6.07) is 12.3. The van der Waals surface area contributed by atoms with Crippen LogP contribution in [0, 0.1) is 0 Å². The molecule has 1 amide bonds. The van der Waals surface area contributed by atoms with Crippen LogP contribution in [0.25, 0.3) is 0 Å². The van der Waals surface area contributed by atoms with Gasteiger partial charge in [-0.3, -0.25) is 4.79 Å². The van der Waals surface area contributed by atoms with Crippen molar-refractivity contribution in [3.8, 4) is 17.2 Å². The number of amides is 1. The zero-order valence-corrected chi connectivity index (χ0v) is 16.3. The SMILES string of the molecule is CCOc1cc(CN(C)C(=O)CCc2ccccc2OC)ccc1OC(F)F. The van der Waals surface area contributed by atoms with Gasteiger partial charge in [-0.05, 0) is 42.7 Å². The third-order valence-corrected chi connectivity index (χ3v) is 4.17. The van der Waals surface area contributed by atoms with Crippen LogP contribution in [0.3, 0.4) is 0 Å². The molecular formula is C21H25F2NO4. The summed E-state index contributed by atoms with van der Waals surface area (Å²) in [5.41, 5.74) is 1.73. The summed E-state index contributed by atoms with van der Waals surface area (Å²) in [5.74, 6) is 0.937. The van der Waals surface area contributed by atoms with Crippen molar-refractivity contribution < 1.29 is 27.8 Å². The van der Waals surface area contributed by atoms with Crippen molar-refractivity contribution in [2.45, 2.75) is 32.9 Å². The van der Waals surface area contributed by atoms with E-state index in [-0.39, 0.29) is 17.4 Å². The summed E-state index contributed by atoms with van der Waals surface area (Å²) in [6.07, 6.45) is 0.903. The molecule has 2 rings (SSSR count). The number of para-hydroxylation sites is 1. The maximum absolute atomic E-state index is 12.5. The fourth-order valence-electron chi connectivity index (χ4n) is 2.82. The number of carbonyl (C=O) groups excluding carboxylic acids is 1. The zero-order chi connectivity index (χ0) is 20.5. The van der Waals surface area contributed by atoms with Gasteiger partial charge in [-0.2, -0.15) is 8.78 Å². The van der Waals surface area contributed by atoms with Crippen LogP contribution in [0.1, 0.15) is 24.5 Å². The maximum atomic E-state index is 12.5. The largest absolute Gasteiger partial charge is 0.496 e. The molecule has 5 nitrogen and oxygen atoms in total. The number of benzene rings is 2. The molecule has 2 aromatic carbocycles. The van der Waals surface area contributed by atoms with Gasteiger partial charge in [-0.1, -0.05) is 24.3 Å². The summed E-state index contributed by atoms with van der Waals surface area (Å²) in [6.45, 7) is -0.521. The minimum absolute atomic E-state index is 0.0225. The lowest BCUT2D eigenvalue weighted by atomic mass is 10.1. The molecule has 0 aliphatic carbocycles. The van der Waals surface area contributed by atoms with Crippen LogP contribution in [0.5, 0.6) is 17.2 Å². The van der Waals surface area contributed by atoms with Gasteiger partial charge in [0.15, 0.2) is 11.5 Å². The number of ether oxygens (including phenoxy) is 3. The van der Waals surface area contributed by atoms with Crippen molar-refractivity contribution in [1.29, 1.82) is 0 Å². The smallest absolute Gasteiger partial charge is 0.387 e. The molecule has 0 atom stereocenters. The standard InChI is InChI=1S/C21H25F2NO4/c1-4-27-19-13-15(9-11-18(19)28-21(22)23)14-24(2)20(25)12-10-16-7-5-6-8-17(16)26-3/h5-9,11,13,21H,4,10,12,14H2,1-3H3. The number of rotatable bonds is 10. The van der Waals surface area contributed by atoms with E-state index in [0.29, 0.717) is 26.0 Å². The Morgan fingerprint density at radius 1 is 1.11 bits per heavy atom. The Kier molecular flexibility index (Phi) is 8.04. The minimum Gasteiger partial charge on any atom is -0.496 e. The van der Waals surface area contributed by atoms with E-state index in [4.69, 9.17) is 9.47 Å². The van der Waals surface area contributed by atoms with E-state index < -0.39 is 6.61 Å². The maximum Gasteiger partial charge on any atom is 0.387 e. The number of nitrogens with zero attached hydrogens (tertiary/aromatic N) is 1. The van der Waals surface area contributed by atoms with Crippen LogP contribution in [0.4, 0.5) is 8.78 Å². The zero-order valence-electron chi connectivity index (χ0n) is 16.3. The normalized spacial score (nSPS) is 10.6. The van der Waals surface area contributed by atoms with Gasteiger partial charge in [0.25, 0.3) is 0 Å². The first-order chi connectivity index (χ1) is 13.4. The van der Waals surface area contributed by atoms with E-state index in [1.165, 1.54) is 6.07 Å². The topological polar surface area (TPSA) is 48.0 Å². The van der Waals surface area contributed by atoms with Gasteiger partial charge in [0.2, 0.25) is 5.91 Å². The Bertz CT molecular complexity index is 783. The predicted octanol–water partition coefficient (Wildman–Crippen LogP) is 4.29. The highest BCUT2D eigenvalue weighted by molar-refractivity contribution is 5.76. The van der Waals surface area contributed by atoms with Crippen molar-refractivity contribution >= 4 is 5.91 Å². The fourth-order valence-corrected chi connectivity index (χ4v) is 2.82. The van der Waals surface area contributed by atoms with Crippen molar-refractivity contribution in [1.82, 2.24) is 4.90 Å². The van der Waals surface area contributed by atoms with Crippen molar-refractivity contribution in [3.05, 3.63) is 53.6 Å². The third-order valence-electron chi connectivity index (χ3n) is 4.17. The third kappa shape index (κ3) is 6.11. The predicted molar refractivity (Wildman–Crippen MR) is 102 cm³/mol. The molecule has 28 heavy (non-hydrogen) atoms. The van der Waals surface area contributed by atoms with Crippen LogP contribution in [-0.4, -0.2) is 38.2 Å². The number of methoxy groups -OCH3 is 1. The molecular weight excluding hydrogens is 368 g/mol. The highest BCUT2D eigenvalue weighted by Gasteiger charge is 2.15. The van der Waals surface area contributed by atoms with Crippen LogP contribution in [-0.2, 0) is 17.8 Å². The highest BCUT2D eigenvalue weighted by Crippen LogP contribution is 2.30. The van der Waals surface area contributed by atoms with Crippen LogP contribution in [0.15, 0.2) is 42.5 Å². The molecule has 0 spiro atoms. The van der Waals surface area contributed by atoms with E-state index in [0.717, 1.165) is 16.9 Å². The number of carbonyl (C=O) groups is 1. The Morgan fingerprint density at radius 2 is 1.86 bits per heavy atom. The first-order valence-corrected chi connectivity index (χ1v) is 9.01. The molecule has 0 fully saturated rings. The monoisotopic (exact) mass is 393 g/mol. The lowest BCUT2D eigenvalue weighted by molar-refractivity contribution is -0.130.